The highest BCUT2D eigenvalue weighted by Gasteiger charge is 2.24. The zero-order valence-corrected chi connectivity index (χ0v) is 13.8. The van der Waals surface area contributed by atoms with E-state index in [1.165, 1.54) is 0 Å². The van der Waals surface area contributed by atoms with Crippen molar-refractivity contribution in [2.45, 2.75) is 45.1 Å². The highest BCUT2D eigenvalue weighted by Crippen LogP contribution is 2.18. The minimum atomic E-state index is -0.262. The van der Waals surface area contributed by atoms with Crippen LogP contribution in [0.15, 0.2) is 24.5 Å². The van der Waals surface area contributed by atoms with Gasteiger partial charge in [0.2, 0.25) is 5.91 Å². The molecule has 23 heavy (non-hydrogen) atoms. The molecule has 6 heteroatoms. The summed E-state index contributed by atoms with van der Waals surface area (Å²) in [6.45, 7) is 5.47. The summed E-state index contributed by atoms with van der Waals surface area (Å²) in [5.41, 5.74) is 1.07. The smallest absolute Gasteiger partial charge is 0.409 e. The highest BCUT2D eigenvalue weighted by molar-refractivity contribution is 5.77. The number of nitrogens with one attached hydrogen (secondary N) is 1. The second kappa shape index (κ2) is 8.50. The predicted molar refractivity (Wildman–Crippen MR) is 87.0 cm³/mol. The van der Waals surface area contributed by atoms with Crippen LogP contribution in [0.1, 0.15) is 44.6 Å². The van der Waals surface area contributed by atoms with Crippen molar-refractivity contribution < 1.29 is 14.3 Å². The Morgan fingerprint density at radius 3 is 2.78 bits per heavy atom. The van der Waals surface area contributed by atoms with Crippen LogP contribution < -0.4 is 5.32 Å². The first-order valence-corrected chi connectivity index (χ1v) is 8.21. The first kappa shape index (κ1) is 17.2. The second-order valence-electron chi connectivity index (χ2n) is 5.92. The number of piperidine rings is 1. The number of carbonyl (C=O) groups excluding carboxylic acids is 2. The number of nitrogens with zero attached hydrogens (tertiary/aromatic N) is 2. The minimum absolute atomic E-state index is 0.0518. The maximum Gasteiger partial charge on any atom is 0.409 e. The van der Waals surface area contributed by atoms with E-state index in [1.807, 2.05) is 19.1 Å². The van der Waals surface area contributed by atoms with E-state index in [2.05, 4.69) is 10.3 Å². The molecule has 1 N–H and O–H groups in total. The van der Waals surface area contributed by atoms with Crippen LogP contribution in [-0.4, -0.2) is 47.6 Å². The van der Waals surface area contributed by atoms with E-state index < -0.39 is 0 Å². The number of likely N-dealkylation sites (tertiary alicyclic amines) is 1. The van der Waals surface area contributed by atoms with E-state index in [-0.39, 0.29) is 24.0 Å². The average molecular weight is 319 g/mol. The number of aromatic nitrogens is 1. The largest absolute Gasteiger partial charge is 0.450 e. The van der Waals surface area contributed by atoms with Crippen molar-refractivity contribution in [2.75, 3.05) is 19.7 Å². The van der Waals surface area contributed by atoms with Crippen LogP contribution in [-0.2, 0) is 9.53 Å². The molecule has 126 valence electrons. The molecule has 0 bridgehead atoms. The molecular formula is C17H25N3O3. The quantitative estimate of drug-likeness (QED) is 0.904. The first-order chi connectivity index (χ1) is 11.1. The maximum absolute atomic E-state index is 12.2. The number of carbonyl (C=O) groups is 2. The molecule has 1 atom stereocenters. The van der Waals surface area contributed by atoms with Gasteiger partial charge in [0.05, 0.1) is 6.61 Å². The maximum atomic E-state index is 12.2. The van der Waals surface area contributed by atoms with E-state index in [9.17, 15) is 9.59 Å². The summed E-state index contributed by atoms with van der Waals surface area (Å²) in [6.07, 6.45) is 5.26. The van der Waals surface area contributed by atoms with Gasteiger partial charge in [0.15, 0.2) is 0 Å². The van der Waals surface area contributed by atoms with E-state index in [0.29, 0.717) is 26.1 Å². The number of ether oxygens (including phenoxy) is 1. The Hall–Kier alpha value is -2.11. The van der Waals surface area contributed by atoms with E-state index in [0.717, 1.165) is 18.4 Å². The average Bonchev–Trinajstić information content (AvgIpc) is 2.56. The summed E-state index contributed by atoms with van der Waals surface area (Å²) in [5, 5.41) is 3.07. The van der Waals surface area contributed by atoms with Crippen molar-refractivity contribution in [3.63, 3.8) is 0 Å². The molecule has 1 aliphatic heterocycles. The molecule has 6 nitrogen and oxygen atoms in total. The van der Waals surface area contributed by atoms with Crippen molar-refractivity contribution in [1.82, 2.24) is 15.2 Å². The van der Waals surface area contributed by atoms with Crippen LogP contribution in [0.3, 0.4) is 0 Å². The molecule has 0 radical (unpaired) electrons. The van der Waals surface area contributed by atoms with Crippen molar-refractivity contribution >= 4 is 12.0 Å². The molecule has 0 spiro atoms. The Balaban J connectivity index is 1.73. The van der Waals surface area contributed by atoms with Gasteiger partial charge in [-0.05, 0) is 37.3 Å². The third-order valence-corrected chi connectivity index (χ3v) is 4.13. The van der Waals surface area contributed by atoms with Gasteiger partial charge in [-0.15, -0.1) is 0 Å². The summed E-state index contributed by atoms with van der Waals surface area (Å²) < 4.78 is 4.99. The van der Waals surface area contributed by atoms with Gasteiger partial charge in [0.25, 0.3) is 0 Å². The predicted octanol–water partition coefficient (Wildman–Crippen LogP) is 2.31. The molecule has 0 saturated carbocycles. The molecule has 2 amide bonds. The number of amides is 2. The van der Waals surface area contributed by atoms with Crippen molar-refractivity contribution in [2.24, 2.45) is 0 Å². The Morgan fingerprint density at radius 2 is 2.17 bits per heavy atom. The van der Waals surface area contributed by atoms with Gasteiger partial charge in [0.1, 0.15) is 0 Å². The molecular weight excluding hydrogens is 294 g/mol. The summed E-state index contributed by atoms with van der Waals surface area (Å²) in [6, 6.07) is 4.01. The van der Waals surface area contributed by atoms with Crippen LogP contribution in [0, 0.1) is 0 Å². The molecule has 2 rings (SSSR count). The lowest BCUT2D eigenvalue weighted by atomic mass is 9.98. The fourth-order valence-corrected chi connectivity index (χ4v) is 2.77. The lowest BCUT2D eigenvalue weighted by Gasteiger charge is -2.31. The monoisotopic (exact) mass is 319 g/mol. The number of pyridine rings is 1. The van der Waals surface area contributed by atoms with E-state index in [4.69, 9.17) is 4.74 Å². The van der Waals surface area contributed by atoms with Crippen LogP contribution in [0.2, 0.25) is 0 Å². The van der Waals surface area contributed by atoms with Crippen molar-refractivity contribution in [1.29, 1.82) is 0 Å². The molecule has 1 unspecified atom stereocenters. The standard InChI is InChI=1S/C17H25N3O3/c1-3-23-17(22)20-9-6-15(7-10-20)19-16(21)11-13(2)14-5-4-8-18-12-14/h4-5,8,12-13,15H,3,6-7,9-11H2,1-2H3,(H,19,21). The number of hydrogen-bond acceptors (Lipinski definition) is 4. The summed E-state index contributed by atoms with van der Waals surface area (Å²) >= 11 is 0. The highest BCUT2D eigenvalue weighted by atomic mass is 16.6. The summed E-state index contributed by atoms with van der Waals surface area (Å²) in [7, 11) is 0. The zero-order valence-electron chi connectivity index (χ0n) is 13.8. The third-order valence-electron chi connectivity index (χ3n) is 4.13. The summed E-state index contributed by atoms with van der Waals surface area (Å²) in [5.74, 6) is 0.194. The van der Waals surface area contributed by atoms with Crippen molar-refractivity contribution in [3.05, 3.63) is 30.1 Å². The van der Waals surface area contributed by atoms with Gasteiger partial charge in [-0.25, -0.2) is 4.79 Å². The topological polar surface area (TPSA) is 71.5 Å². The summed E-state index contributed by atoms with van der Waals surface area (Å²) in [4.78, 5) is 29.6. The molecule has 0 aliphatic carbocycles. The Morgan fingerprint density at radius 1 is 1.43 bits per heavy atom. The molecule has 1 aromatic heterocycles. The fourth-order valence-electron chi connectivity index (χ4n) is 2.77. The number of hydrogen-bond donors (Lipinski definition) is 1. The zero-order chi connectivity index (χ0) is 16.7. The molecule has 0 aromatic carbocycles. The van der Waals surface area contributed by atoms with E-state index in [1.54, 1.807) is 24.2 Å². The Kier molecular flexibility index (Phi) is 6.38. The van der Waals surface area contributed by atoms with Gasteiger partial charge in [-0.3, -0.25) is 9.78 Å². The molecule has 1 saturated heterocycles. The van der Waals surface area contributed by atoms with Crippen molar-refractivity contribution in [3.8, 4) is 0 Å². The SMILES string of the molecule is CCOC(=O)N1CCC(NC(=O)CC(C)c2cccnc2)CC1. The third kappa shape index (κ3) is 5.23. The Labute approximate surface area is 137 Å². The van der Waals surface area contributed by atoms with Crippen LogP contribution in [0.4, 0.5) is 4.79 Å². The molecule has 1 aromatic rings. The Bertz CT molecular complexity index is 513. The lowest BCUT2D eigenvalue weighted by molar-refractivity contribution is -0.122. The van der Waals surface area contributed by atoms with Gasteiger partial charge in [0, 0.05) is 37.9 Å². The van der Waals surface area contributed by atoms with Gasteiger partial charge in [-0.2, -0.15) is 0 Å². The lowest BCUT2D eigenvalue weighted by Crippen LogP contribution is -2.46. The molecule has 2 heterocycles. The normalized spacial score (nSPS) is 16.7. The second-order valence-corrected chi connectivity index (χ2v) is 5.92. The van der Waals surface area contributed by atoms with Crippen LogP contribution in [0.25, 0.3) is 0 Å². The van der Waals surface area contributed by atoms with Gasteiger partial charge >= 0.3 is 6.09 Å². The van der Waals surface area contributed by atoms with Gasteiger partial charge in [-0.1, -0.05) is 13.0 Å². The first-order valence-electron chi connectivity index (χ1n) is 8.21. The van der Waals surface area contributed by atoms with Crippen LogP contribution >= 0.6 is 0 Å². The van der Waals surface area contributed by atoms with E-state index >= 15 is 0 Å². The molecule has 1 fully saturated rings. The molecule has 1 aliphatic rings. The number of rotatable bonds is 5. The minimum Gasteiger partial charge on any atom is -0.450 e. The van der Waals surface area contributed by atoms with Crippen LogP contribution in [0.5, 0.6) is 0 Å². The fraction of sp³-hybridized carbons (Fsp3) is 0.588. The van der Waals surface area contributed by atoms with Gasteiger partial charge < -0.3 is 15.0 Å².